The highest BCUT2D eigenvalue weighted by atomic mass is 16.7. The fourth-order valence-corrected chi connectivity index (χ4v) is 4.35. The molecule has 2 atom stereocenters. The Morgan fingerprint density at radius 3 is 2.34 bits per heavy atom. The molecule has 10 heteroatoms. The van der Waals surface area contributed by atoms with Gasteiger partial charge in [0, 0.05) is 19.5 Å². The maximum Gasteiger partial charge on any atom is 0.412 e. The van der Waals surface area contributed by atoms with Crippen LogP contribution >= 0.6 is 0 Å². The van der Waals surface area contributed by atoms with Gasteiger partial charge in [-0.1, -0.05) is 6.08 Å². The predicted octanol–water partition coefficient (Wildman–Crippen LogP) is 2.83. The van der Waals surface area contributed by atoms with Gasteiger partial charge in [0.15, 0.2) is 11.5 Å². The molecule has 2 aliphatic rings. The molecule has 0 aromatic heterocycles. The zero-order valence-corrected chi connectivity index (χ0v) is 20.7. The number of hydrogen-bond donors (Lipinski definition) is 1. The highest BCUT2D eigenvalue weighted by molar-refractivity contribution is 5.90. The monoisotopic (exact) mass is 489 g/mol. The van der Waals surface area contributed by atoms with Crippen LogP contribution in [0.15, 0.2) is 35.6 Å². The number of amides is 1. The summed E-state index contributed by atoms with van der Waals surface area (Å²) in [5.74, 6) is 1.21. The summed E-state index contributed by atoms with van der Waals surface area (Å²) in [6, 6.07) is 1.40. The molecule has 0 heterocycles. The fraction of sp³-hybridized carbons (Fsp3) is 0.440. The first-order valence-corrected chi connectivity index (χ1v) is 11.0. The van der Waals surface area contributed by atoms with Gasteiger partial charge < -0.3 is 38.4 Å². The van der Waals surface area contributed by atoms with Crippen molar-refractivity contribution in [3.8, 4) is 17.2 Å². The molecule has 3 rings (SSSR count). The fourth-order valence-electron chi connectivity index (χ4n) is 4.35. The third-order valence-corrected chi connectivity index (χ3v) is 6.02. The van der Waals surface area contributed by atoms with Crippen LogP contribution in [-0.4, -0.2) is 76.5 Å². The molecule has 0 fully saturated rings. The number of aryl methyl sites for hydroxylation is 1. The Hall–Kier alpha value is -3.66. The number of hydrogen-bond acceptors (Lipinski definition) is 9. The second-order valence-corrected chi connectivity index (χ2v) is 7.93. The molecule has 1 aromatic rings. The van der Waals surface area contributed by atoms with Crippen molar-refractivity contribution in [2.24, 2.45) is 0 Å². The van der Waals surface area contributed by atoms with Crippen LogP contribution in [0, 0.1) is 0 Å². The van der Waals surface area contributed by atoms with Gasteiger partial charge in [-0.3, -0.25) is 4.79 Å². The Morgan fingerprint density at radius 2 is 1.74 bits per heavy atom. The summed E-state index contributed by atoms with van der Waals surface area (Å²) in [5, 5.41) is 10.8. The number of fused-ring (bicyclic) bond motifs is 3. The summed E-state index contributed by atoms with van der Waals surface area (Å²) < 4.78 is 32.1. The zero-order valence-electron chi connectivity index (χ0n) is 20.7. The van der Waals surface area contributed by atoms with Crippen LogP contribution in [-0.2, 0) is 25.4 Å². The van der Waals surface area contributed by atoms with Crippen LogP contribution in [0.25, 0.3) is 5.57 Å². The van der Waals surface area contributed by atoms with E-state index >= 15 is 0 Å². The van der Waals surface area contributed by atoms with E-state index in [1.165, 1.54) is 26.0 Å². The van der Waals surface area contributed by atoms with Gasteiger partial charge >= 0.3 is 12.1 Å². The van der Waals surface area contributed by atoms with E-state index in [9.17, 15) is 14.7 Å². The average Bonchev–Trinajstić information content (AvgIpc) is 3.09. The van der Waals surface area contributed by atoms with Crippen molar-refractivity contribution in [3.05, 3.63) is 46.8 Å². The van der Waals surface area contributed by atoms with Gasteiger partial charge in [-0.2, -0.15) is 0 Å². The molecule has 35 heavy (non-hydrogen) atoms. The molecule has 2 aliphatic carbocycles. The van der Waals surface area contributed by atoms with Gasteiger partial charge in [-0.25, -0.2) is 4.79 Å². The molecule has 190 valence electrons. The lowest BCUT2D eigenvalue weighted by atomic mass is 9.90. The largest absolute Gasteiger partial charge is 0.498 e. The third kappa shape index (κ3) is 5.22. The van der Waals surface area contributed by atoms with Crippen molar-refractivity contribution in [1.29, 1.82) is 0 Å². The first-order chi connectivity index (χ1) is 16.8. The number of carbonyl (C=O) groups excluding carboxylic acids is 2. The number of rotatable bonds is 7. The molecule has 10 nitrogen and oxygen atoms in total. The molecule has 0 spiro atoms. The van der Waals surface area contributed by atoms with Crippen molar-refractivity contribution in [2.45, 2.75) is 31.9 Å². The lowest BCUT2D eigenvalue weighted by Crippen LogP contribution is -2.39. The number of esters is 1. The SMILES string of the molecule is COC1=CC=C2C(=CC1O)[C@@H](N(C)C(=O)OCOC(C)=O)CCc1cc(OC)c(OC)c(OC)c12. The molecule has 0 bridgehead atoms. The molecular formula is C25H31NO9. The molecule has 0 radical (unpaired) electrons. The van der Waals surface area contributed by atoms with Crippen LogP contribution in [0.4, 0.5) is 4.79 Å². The molecule has 0 aliphatic heterocycles. The highest BCUT2D eigenvalue weighted by Crippen LogP contribution is 2.49. The number of allylic oxidation sites excluding steroid dienone is 2. The standard InChI is InChI=1S/C25H31NO9/c1-14(27)34-13-35-25(29)26(2)18-9-7-15-11-21(31-4)23(32-5)24(33-6)22(15)16-8-10-20(30-3)19(28)12-17(16)18/h8,10-12,18-19,28H,7,9,13H2,1-6H3/t18-,19?/m0/s1. The van der Waals surface area contributed by atoms with Gasteiger partial charge in [0.2, 0.25) is 12.5 Å². The normalized spacial score (nSPS) is 18.8. The Kier molecular flexibility index (Phi) is 8.29. The maximum absolute atomic E-state index is 12.8. The van der Waals surface area contributed by atoms with Gasteiger partial charge in [0.05, 0.1) is 34.5 Å². The van der Waals surface area contributed by atoms with E-state index in [4.69, 9.17) is 28.4 Å². The Morgan fingerprint density at radius 1 is 1.03 bits per heavy atom. The number of benzene rings is 1. The number of ether oxygens (including phenoxy) is 6. The van der Waals surface area contributed by atoms with Crippen LogP contribution in [0.3, 0.4) is 0 Å². The summed E-state index contributed by atoms with van der Waals surface area (Å²) in [7, 11) is 7.70. The van der Waals surface area contributed by atoms with E-state index in [2.05, 4.69) is 0 Å². The molecule has 1 aromatic carbocycles. The number of methoxy groups -OCH3 is 4. The molecule has 1 amide bonds. The summed E-state index contributed by atoms with van der Waals surface area (Å²) >= 11 is 0. The lowest BCUT2D eigenvalue weighted by molar-refractivity contribution is -0.149. The van der Waals surface area contributed by atoms with Crippen LogP contribution in [0.5, 0.6) is 17.2 Å². The quantitative estimate of drug-likeness (QED) is 0.456. The van der Waals surface area contributed by atoms with E-state index in [0.717, 1.165) is 16.7 Å². The highest BCUT2D eigenvalue weighted by Gasteiger charge is 2.35. The van der Waals surface area contributed by atoms with E-state index in [0.29, 0.717) is 41.4 Å². The van der Waals surface area contributed by atoms with Crippen molar-refractivity contribution in [3.63, 3.8) is 0 Å². The third-order valence-electron chi connectivity index (χ3n) is 6.02. The number of aliphatic hydroxyl groups excluding tert-OH is 1. The molecule has 0 saturated carbocycles. The minimum atomic E-state index is -1.04. The van der Waals surface area contributed by atoms with E-state index < -0.39 is 31.0 Å². The van der Waals surface area contributed by atoms with E-state index in [-0.39, 0.29) is 0 Å². The Labute approximate surface area is 204 Å². The summed E-state index contributed by atoms with van der Waals surface area (Å²) in [4.78, 5) is 25.2. The van der Waals surface area contributed by atoms with Crippen molar-refractivity contribution >= 4 is 17.6 Å². The number of nitrogens with zero attached hydrogens (tertiary/aromatic N) is 1. The Bertz CT molecular complexity index is 1070. The summed E-state index contributed by atoms with van der Waals surface area (Å²) in [6.07, 6.45) is 4.51. The minimum absolute atomic E-state index is 0.345. The topological polar surface area (TPSA) is 113 Å². The first kappa shape index (κ1) is 26.0. The minimum Gasteiger partial charge on any atom is -0.498 e. The number of likely N-dealkylation sites (N-methyl/N-ethyl adjacent to an activating group) is 1. The average molecular weight is 490 g/mol. The van der Waals surface area contributed by atoms with Gasteiger partial charge in [0.1, 0.15) is 11.9 Å². The smallest absolute Gasteiger partial charge is 0.412 e. The summed E-state index contributed by atoms with van der Waals surface area (Å²) in [6.45, 7) is 0.735. The predicted molar refractivity (Wildman–Crippen MR) is 126 cm³/mol. The van der Waals surface area contributed by atoms with Crippen molar-refractivity contribution in [2.75, 3.05) is 42.3 Å². The van der Waals surface area contributed by atoms with Gasteiger partial charge in [-0.05, 0) is 47.8 Å². The van der Waals surface area contributed by atoms with Crippen LogP contribution in [0.1, 0.15) is 24.5 Å². The van der Waals surface area contributed by atoms with Crippen molar-refractivity contribution in [1.82, 2.24) is 4.90 Å². The van der Waals surface area contributed by atoms with Crippen LogP contribution < -0.4 is 14.2 Å². The maximum atomic E-state index is 12.8. The van der Waals surface area contributed by atoms with Crippen LogP contribution in [0.2, 0.25) is 0 Å². The number of carbonyl (C=O) groups is 2. The first-order valence-electron chi connectivity index (χ1n) is 11.0. The Balaban J connectivity index is 2.15. The molecule has 1 N–H and O–H groups in total. The van der Waals surface area contributed by atoms with E-state index in [1.54, 1.807) is 33.4 Å². The lowest BCUT2D eigenvalue weighted by Gasteiger charge is -2.29. The molecule has 1 unspecified atom stereocenters. The zero-order chi connectivity index (χ0) is 25.7. The second kappa shape index (κ2) is 11.2. The molecular weight excluding hydrogens is 458 g/mol. The van der Waals surface area contributed by atoms with E-state index in [1.807, 2.05) is 12.1 Å². The van der Waals surface area contributed by atoms with Crippen molar-refractivity contribution < 1.29 is 43.1 Å². The number of aliphatic hydroxyl groups is 1. The van der Waals surface area contributed by atoms with Gasteiger partial charge in [0.25, 0.3) is 0 Å². The molecule has 0 saturated heterocycles. The second-order valence-electron chi connectivity index (χ2n) is 7.93. The summed E-state index contributed by atoms with van der Waals surface area (Å²) in [5.41, 5.74) is 3.09. The van der Waals surface area contributed by atoms with Gasteiger partial charge in [-0.15, -0.1) is 0 Å².